The smallest absolute Gasteiger partial charge is 0.251 e. The molecule has 0 spiro atoms. The molecule has 0 bridgehead atoms. The second-order valence-corrected chi connectivity index (χ2v) is 5.26. The van der Waals surface area contributed by atoms with Crippen LogP contribution in [0.3, 0.4) is 0 Å². The van der Waals surface area contributed by atoms with Gasteiger partial charge >= 0.3 is 0 Å². The minimum atomic E-state index is 0.0149. The van der Waals surface area contributed by atoms with Gasteiger partial charge in [0.1, 0.15) is 5.75 Å². The van der Waals surface area contributed by atoms with Gasteiger partial charge in [0.15, 0.2) is 0 Å². The number of rotatable bonds is 6. The highest BCUT2D eigenvalue weighted by atomic mass is 16.5. The third-order valence-electron chi connectivity index (χ3n) is 3.60. The van der Waals surface area contributed by atoms with Crippen LogP contribution in [0, 0.1) is 0 Å². The zero-order valence-electron chi connectivity index (χ0n) is 11.1. The van der Waals surface area contributed by atoms with E-state index in [1.807, 2.05) is 18.2 Å². The molecular weight excluding hydrogens is 240 g/mol. The second-order valence-electron chi connectivity index (χ2n) is 5.26. The van der Waals surface area contributed by atoms with Gasteiger partial charge in [0.2, 0.25) is 0 Å². The highest BCUT2D eigenvalue weighted by Gasteiger charge is 2.19. The quantitative estimate of drug-likeness (QED) is 0.762. The Bertz CT molecular complexity index is 469. The lowest BCUT2D eigenvalue weighted by molar-refractivity contribution is 0.0953. The molecule has 4 heteroatoms. The van der Waals surface area contributed by atoms with E-state index in [1.54, 1.807) is 0 Å². The maximum Gasteiger partial charge on any atom is 0.251 e. The van der Waals surface area contributed by atoms with E-state index in [9.17, 15) is 4.79 Å². The molecule has 19 heavy (non-hydrogen) atoms. The maximum atomic E-state index is 12.0. The molecule has 0 unspecified atom stereocenters. The maximum absolute atomic E-state index is 12.0. The number of carbonyl (C=O) groups is 1. The summed E-state index contributed by atoms with van der Waals surface area (Å²) >= 11 is 0. The first-order chi connectivity index (χ1) is 9.33. The zero-order chi connectivity index (χ0) is 13.1. The van der Waals surface area contributed by atoms with Crippen molar-refractivity contribution in [3.63, 3.8) is 0 Å². The SMILES string of the molecule is O=C(NCCCNC1CC1)c1ccc2c(c1)CCO2. The summed E-state index contributed by atoms with van der Waals surface area (Å²) in [7, 11) is 0. The molecule has 2 N–H and O–H groups in total. The molecule has 3 rings (SSSR count). The Morgan fingerprint density at radius 2 is 2.21 bits per heavy atom. The van der Waals surface area contributed by atoms with Crippen molar-refractivity contribution in [2.24, 2.45) is 0 Å². The first-order valence-electron chi connectivity index (χ1n) is 7.10. The molecule has 0 radical (unpaired) electrons. The van der Waals surface area contributed by atoms with Gasteiger partial charge in [0.25, 0.3) is 5.91 Å². The van der Waals surface area contributed by atoms with Gasteiger partial charge in [0, 0.05) is 24.6 Å². The van der Waals surface area contributed by atoms with E-state index in [0.717, 1.165) is 55.5 Å². The van der Waals surface area contributed by atoms with Crippen molar-refractivity contribution in [1.29, 1.82) is 0 Å². The number of carbonyl (C=O) groups excluding carboxylic acids is 1. The van der Waals surface area contributed by atoms with E-state index < -0.39 is 0 Å². The molecule has 1 aromatic rings. The summed E-state index contributed by atoms with van der Waals surface area (Å²) in [5.41, 5.74) is 1.88. The number of nitrogens with one attached hydrogen (secondary N) is 2. The Labute approximate surface area is 113 Å². The van der Waals surface area contributed by atoms with Crippen LogP contribution in [0.2, 0.25) is 0 Å². The van der Waals surface area contributed by atoms with E-state index in [1.165, 1.54) is 12.8 Å². The summed E-state index contributed by atoms with van der Waals surface area (Å²) in [4.78, 5) is 12.0. The van der Waals surface area contributed by atoms with Crippen molar-refractivity contribution in [2.45, 2.75) is 31.7 Å². The highest BCUT2D eigenvalue weighted by molar-refractivity contribution is 5.94. The second kappa shape index (κ2) is 5.61. The molecule has 1 amide bonds. The molecule has 1 aliphatic carbocycles. The molecule has 0 aromatic heterocycles. The van der Waals surface area contributed by atoms with E-state index in [0.29, 0.717) is 0 Å². The van der Waals surface area contributed by atoms with Crippen molar-refractivity contribution >= 4 is 5.91 Å². The van der Waals surface area contributed by atoms with Gasteiger partial charge in [-0.05, 0) is 49.6 Å². The van der Waals surface area contributed by atoms with Crippen molar-refractivity contribution in [3.8, 4) is 5.75 Å². The monoisotopic (exact) mass is 260 g/mol. The van der Waals surface area contributed by atoms with Crippen LogP contribution in [0.15, 0.2) is 18.2 Å². The standard InChI is InChI=1S/C15H20N2O2/c18-15(17-8-1-7-16-13-3-4-13)12-2-5-14-11(10-12)6-9-19-14/h2,5,10,13,16H,1,3-4,6-9H2,(H,17,18). The van der Waals surface area contributed by atoms with Crippen LogP contribution in [-0.2, 0) is 6.42 Å². The Morgan fingerprint density at radius 1 is 1.32 bits per heavy atom. The third-order valence-corrected chi connectivity index (χ3v) is 3.60. The minimum Gasteiger partial charge on any atom is -0.493 e. The summed E-state index contributed by atoms with van der Waals surface area (Å²) < 4.78 is 5.43. The first-order valence-corrected chi connectivity index (χ1v) is 7.10. The van der Waals surface area contributed by atoms with Gasteiger partial charge in [-0.25, -0.2) is 0 Å². The molecular formula is C15H20N2O2. The average Bonchev–Trinajstić information content (AvgIpc) is 3.13. The van der Waals surface area contributed by atoms with Gasteiger partial charge in [-0.1, -0.05) is 0 Å². The number of fused-ring (bicyclic) bond motifs is 1. The summed E-state index contributed by atoms with van der Waals surface area (Å²) in [5, 5.41) is 6.40. The van der Waals surface area contributed by atoms with Crippen LogP contribution >= 0.6 is 0 Å². The van der Waals surface area contributed by atoms with E-state index in [2.05, 4.69) is 10.6 Å². The van der Waals surface area contributed by atoms with Gasteiger partial charge in [-0.3, -0.25) is 4.79 Å². The Morgan fingerprint density at radius 3 is 3.05 bits per heavy atom. The van der Waals surface area contributed by atoms with Crippen LogP contribution in [0.4, 0.5) is 0 Å². The Kier molecular flexibility index (Phi) is 3.69. The number of amides is 1. The van der Waals surface area contributed by atoms with Crippen molar-refractivity contribution < 1.29 is 9.53 Å². The summed E-state index contributed by atoms with van der Waals surface area (Å²) in [6.45, 7) is 2.45. The van der Waals surface area contributed by atoms with E-state index >= 15 is 0 Å². The predicted octanol–water partition coefficient (Wildman–Crippen LogP) is 1.49. The largest absolute Gasteiger partial charge is 0.493 e. The van der Waals surface area contributed by atoms with Gasteiger partial charge < -0.3 is 15.4 Å². The molecule has 1 fully saturated rings. The lowest BCUT2D eigenvalue weighted by Gasteiger charge is -2.07. The van der Waals surface area contributed by atoms with Crippen LogP contribution in [0.25, 0.3) is 0 Å². The number of benzene rings is 1. The average molecular weight is 260 g/mol. The molecule has 1 saturated carbocycles. The predicted molar refractivity (Wildman–Crippen MR) is 73.6 cm³/mol. The van der Waals surface area contributed by atoms with Crippen LogP contribution in [0.5, 0.6) is 5.75 Å². The summed E-state index contributed by atoms with van der Waals surface area (Å²) in [5.74, 6) is 0.936. The molecule has 4 nitrogen and oxygen atoms in total. The molecule has 0 atom stereocenters. The minimum absolute atomic E-state index is 0.0149. The topological polar surface area (TPSA) is 50.4 Å². The van der Waals surface area contributed by atoms with E-state index in [-0.39, 0.29) is 5.91 Å². The van der Waals surface area contributed by atoms with Crippen LogP contribution in [0.1, 0.15) is 35.2 Å². The third kappa shape index (κ3) is 3.26. The van der Waals surface area contributed by atoms with Crippen molar-refractivity contribution in [1.82, 2.24) is 10.6 Å². The molecule has 102 valence electrons. The van der Waals surface area contributed by atoms with Gasteiger partial charge in [-0.2, -0.15) is 0 Å². The number of hydrogen-bond donors (Lipinski definition) is 2. The van der Waals surface area contributed by atoms with Crippen LogP contribution in [-0.4, -0.2) is 31.6 Å². The molecule has 1 heterocycles. The lowest BCUT2D eigenvalue weighted by Crippen LogP contribution is -2.27. The van der Waals surface area contributed by atoms with Crippen LogP contribution < -0.4 is 15.4 Å². The van der Waals surface area contributed by atoms with Gasteiger partial charge in [0.05, 0.1) is 6.61 Å². The van der Waals surface area contributed by atoms with Gasteiger partial charge in [-0.15, -0.1) is 0 Å². The first kappa shape index (κ1) is 12.5. The van der Waals surface area contributed by atoms with E-state index in [4.69, 9.17) is 4.74 Å². The molecule has 0 saturated heterocycles. The fourth-order valence-electron chi connectivity index (χ4n) is 2.31. The highest BCUT2D eigenvalue weighted by Crippen LogP contribution is 2.25. The Balaban J connectivity index is 1.44. The fraction of sp³-hybridized carbons (Fsp3) is 0.533. The number of ether oxygens (including phenoxy) is 1. The summed E-state index contributed by atoms with van der Waals surface area (Å²) in [6, 6.07) is 6.42. The Hall–Kier alpha value is -1.55. The molecule has 2 aliphatic rings. The normalized spacial score (nSPS) is 16.8. The number of hydrogen-bond acceptors (Lipinski definition) is 3. The lowest BCUT2D eigenvalue weighted by atomic mass is 10.1. The molecule has 1 aromatic carbocycles. The summed E-state index contributed by atoms with van der Waals surface area (Å²) in [6.07, 6.45) is 4.51. The fourth-order valence-corrected chi connectivity index (χ4v) is 2.31. The molecule has 1 aliphatic heterocycles. The van der Waals surface area contributed by atoms with Crippen molar-refractivity contribution in [2.75, 3.05) is 19.7 Å². The van der Waals surface area contributed by atoms with Crippen molar-refractivity contribution in [3.05, 3.63) is 29.3 Å². The zero-order valence-corrected chi connectivity index (χ0v) is 11.1.